The third-order valence-electron chi connectivity index (χ3n) is 4.02. The van der Waals surface area contributed by atoms with Crippen LogP contribution in [-0.2, 0) is 16.0 Å². The molecule has 2 N–H and O–H groups in total. The maximum atomic E-state index is 5.79. The Labute approximate surface area is 149 Å². The van der Waals surface area contributed by atoms with E-state index in [2.05, 4.69) is 27.5 Å². The fourth-order valence-electron chi connectivity index (χ4n) is 2.51. The molecule has 1 saturated heterocycles. The van der Waals surface area contributed by atoms with Crippen molar-refractivity contribution in [1.82, 2.24) is 15.6 Å². The summed E-state index contributed by atoms with van der Waals surface area (Å²) >= 11 is 1.66. The summed E-state index contributed by atoms with van der Waals surface area (Å²) in [6.07, 6.45) is 3.24. The van der Waals surface area contributed by atoms with Crippen molar-refractivity contribution < 1.29 is 9.47 Å². The number of aryl methyl sites for hydroxylation is 1. The number of rotatable bonds is 9. The van der Waals surface area contributed by atoms with Gasteiger partial charge >= 0.3 is 0 Å². The van der Waals surface area contributed by atoms with Crippen LogP contribution in [0.15, 0.2) is 10.5 Å². The zero-order chi connectivity index (χ0) is 17.0. The van der Waals surface area contributed by atoms with Gasteiger partial charge in [-0.1, -0.05) is 0 Å². The zero-order valence-corrected chi connectivity index (χ0v) is 15.7. The Morgan fingerprint density at radius 3 is 2.96 bits per heavy atom. The van der Waals surface area contributed by atoms with Gasteiger partial charge in [0, 0.05) is 44.4 Å². The number of nitrogens with zero attached hydrogens (tertiary/aromatic N) is 2. The molecule has 7 heteroatoms. The smallest absolute Gasteiger partial charge is 0.191 e. The lowest BCUT2D eigenvalue weighted by Gasteiger charge is -2.21. The minimum Gasteiger partial charge on any atom is -0.381 e. The molecule has 2 heterocycles. The van der Waals surface area contributed by atoms with Crippen LogP contribution in [0.1, 0.15) is 36.8 Å². The molecule has 0 atom stereocenters. The highest BCUT2D eigenvalue weighted by molar-refractivity contribution is 7.09. The van der Waals surface area contributed by atoms with Gasteiger partial charge in [-0.3, -0.25) is 0 Å². The Hall–Kier alpha value is -1.18. The molecular weight excluding hydrogens is 324 g/mol. The first-order valence-electron chi connectivity index (χ1n) is 8.86. The zero-order valence-electron chi connectivity index (χ0n) is 14.8. The van der Waals surface area contributed by atoms with Crippen molar-refractivity contribution in [3.05, 3.63) is 16.1 Å². The van der Waals surface area contributed by atoms with Gasteiger partial charge in [-0.25, -0.2) is 9.98 Å². The van der Waals surface area contributed by atoms with E-state index in [9.17, 15) is 0 Å². The van der Waals surface area contributed by atoms with Gasteiger partial charge in [0.1, 0.15) is 0 Å². The second kappa shape index (κ2) is 11.4. The van der Waals surface area contributed by atoms with E-state index in [0.29, 0.717) is 12.5 Å². The molecule has 1 aromatic heterocycles. The lowest BCUT2D eigenvalue weighted by atomic mass is 10.0. The van der Waals surface area contributed by atoms with E-state index in [0.717, 1.165) is 70.4 Å². The fourth-order valence-corrected chi connectivity index (χ4v) is 3.22. The van der Waals surface area contributed by atoms with E-state index in [-0.39, 0.29) is 0 Å². The van der Waals surface area contributed by atoms with Gasteiger partial charge in [-0.05, 0) is 39.0 Å². The van der Waals surface area contributed by atoms with E-state index in [4.69, 9.17) is 9.47 Å². The molecular formula is C17H30N4O2S. The van der Waals surface area contributed by atoms with E-state index < -0.39 is 0 Å². The van der Waals surface area contributed by atoms with Crippen molar-refractivity contribution in [2.75, 3.05) is 39.5 Å². The van der Waals surface area contributed by atoms with Crippen molar-refractivity contribution >= 4 is 17.3 Å². The molecule has 1 aliphatic rings. The van der Waals surface area contributed by atoms with Crippen LogP contribution >= 0.6 is 11.3 Å². The Morgan fingerprint density at radius 1 is 1.42 bits per heavy atom. The molecule has 0 unspecified atom stereocenters. The molecule has 136 valence electrons. The molecule has 1 fully saturated rings. The van der Waals surface area contributed by atoms with E-state index in [1.807, 2.05) is 12.4 Å². The van der Waals surface area contributed by atoms with Crippen molar-refractivity contribution in [2.45, 2.75) is 39.7 Å². The standard InChI is InChI=1S/C17H30N4O2S/c1-3-18-17(20-11-16-14(2)21-13-24-16)19-7-4-8-23-12-15-5-9-22-10-6-15/h13,15H,3-12H2,1-2H3,(H2,18,19,20). The average Bonchev–Trinajstić information content (AvgIpc) is 3.01. The first kappa shape index (κ1) is 19.1. The SMILES string of the molecule is CCNC(=NCc1scnc1C)NCCCOCC1CCOCC1. The molecule has 6 nitrogen and oxygen atoms in total. The Morgan fingerprint density at radius 2 is 2.25 bits per heavy atom. The highest BCUT2D eigenvalue weighted by Crippen LogP contribution is 2.14. The van der Waals surface area contributed by atoms with Crippen LogP contribution < -0.4 is 10.6 Å². The summed E-state index contributed by atoms with van der Waals surface area (Å²) < 4.78 is 11.1. The van der Waals surface area contributed by atoms with Gasteiger partial charge in [0.05, 0.1) is 17.7 Å². The monoisotopic (exact) mass is 354 g/mol. The van der Waals surface area contributed by atoms with Crippen LogP contribution in [-0.4, -0.2) is 50.5 Å². The Balaban J connectivity index is 1.59. The second-order valence-electron chi connectivity index (χ2n) is 5.97. The minimum atomic E-state index is 0.673. The third kappa shape index (κ3) is 7.15. The van der Waals surface area contributed by atoms with Gasteiger partial charge in [-0.15, -0.1) is 11.3 Å². The van der Waals surface area contributed by atoms with Crippen molar-refractivity contribution in [1.29, 1.82) is 0 Å². The van der Waals surface area contributed by atoms with Gasteiger partial charge in [0.2, 0.25) is 0 Å². The summed E-state index contributed by atoms with van der Waals surface area (Å²) in [6, 6.07) is 0. The maximum absolute atomic E-state index is 5.79. The Bertz CT molecular complexity index is 487. The van der Waals surface area contributed by atoms with Crippen LogP contribution in [0.2, 0.25) is 0 Å². The van der Waals surface area contributed by atoms with Gasteiger partial charge in [0.15, 0.2) is 5.96 Å². The lowest BCUT2D eigenvalue weighted by molar-refractivity contribution is 0.0203. The maximum Gasteiger partial charge on any atom is 0.191 e. The molecule has 2 rings (SSSR count). The predicted molar refractivity (Wildman–Crippen MR) is 98.6 cm³/mol. The predicted octanol–water partition coefficient (Wildman–Crippen LogP) is 2.34. The highest BCUT2D eigenvalue weighted by Gasteiger charge is 2.13. The molecule has 1 aliphatic heterocycles. The summed E-state index contributed by atoms with van der Waals surface area (Å²) in [5.41, 5.74) is 2.94. The van der Waals surface area contributed by atoms with E-state index >= 15 is 0 Å². The van der Waals surface area contributed by atoms with E-state index in [1.54, 1.807) is 11.3 Å². The molecule has 0 radical (unpaired) electrons. The first-order valence-corrected chi connectivity index (χ1v) is 9.74. The highest BCUT2D eigenvalue weighted by atomic mass is 32.1. The number of thiazole rings is 1. The van der Waals surface area contributed by atoms with Crippen LogP contribution in [0, 0.1) is 12.8 Å². The topological polar surface area (TPSA) is 67.8 Å². The molecule has 0 bridgehead atoms. The summed E-state index contributed by atoms with van der Waals surface area (Å²) in [7, 11) is 0. The number of guanidine groups is 1. The first-order chi connectivity index (χ1) is 11.8. The minimum absolute atomic E-state index is 0.673. The third-order valence-corrected chi connectivity index (χ3v) is 4.94. The summed E-state index contributed by atoms with van der Waals surface area (Å²) in [5, 5.41) is 6.64. The molecule has 24 heavy (non-hydrogen) atoms. The Kier molecular flexibility index (Phi) is 9.09. The van der Waals surface area contributed by atoms with Crippen molar-refractivity contribution in [3.8, 4) is 0 Å². The van der Waals surface area contributed by atoms with Gasteiger partial charge in [-0.2, -0.15) is 0 Å². The number of nitrogens with one attached hydrogen (secondary N) is 2. The molecule has 1 aromatic rings. The quantitative estimate of drug-likeness (QED) is 0.405. The van der Waals surface area contributed by atoms with Crippen molar-refractivity contribution in [3.63, 3.8) is 0 Å². The number of aliphatic imine (C=N–C) groups is 1. The summed E-state index contributed by atoms with van der Waals surface area (Å²) in [4.78, 5) is 10.1. The van der Waals surface area contributed by atoms with E-state index in [1.165, 1.54) is 4.88 Å². The molecule has 0 spiro atoms. The normalized spacial score (nSPS) is 16.3. The van der Waals surface area contributed by atoms with Gasteiger partial charge < -0.3 is 20.1 Å². The number of ether oxygens (including phenoxy) is 2. The fraction of sp³-hybridized carbons (Fsp3) is 0.765. The summed E-state index contributed by atoms with van der Waals surface area (Å²) in [6.45, 7) is 9.92. The van der Waals surface area contributed by atoms with Crippen LogP contribution in [0.4, 0.5) is 0 Å². The van der Waals surface area contributed by atoms with Crippen molar-refractivity contribution in [2.24, 2.45) is 10.9 Å². The average molecular weight is 355 g/mol. The number of hydrogen-bond acceptors (Lipinski definition) is 5. The summed E-state index contributed by atoms with van der Waals surface area (Å²) in [5.74, 6) is 1.53. The van der Waals surface area contributed by atoms with Crippen LogP contribution in [0.3, 0.4) is 0 Å². The molecule has 0 saturated carbocycles. The molecule has 0 amide bonds. The van der Waals surface area contributed by atoms with Crippen LogP contribution in [0.5, 0.6) is 0 Å². The number of hydrogen-bond donors (Lipinski definition) is 2. The second-order valence-corrected chi connectivity index (χ2v) is 6.91. The lowest BCUT2D eigenvalue weighted by Crippen LogP contribution is -2.38. The number of aromatic nitrogens is 1. The van der Waals surface area contributed by atoms with Gasteiger partial charge in [0.25, 0.3) is 0 Å². The molecule has 0 aromatic carbocycles. The largest absolute Gasteiger partial charge is 0.381 e. The molecule has 0 aliphatic carbocycles. The van der Waals surface area contributed by atoms with Crippen LogP contribution in [0.25, 0.3) is 0 Å².